The van der Waals surface area contributed by atoms with E-state index < -0.39 is 0 Å². The van der Waals surface area contributed by atoms with Crippen LogP contribution in [-0.2, 0) is 9.59 Å². The Labute approximate surface area is 137 Å². The fourth-order valence-electron chi connectivity index (χ4n) is 1.68. The summed E-state index contributed by atoms with van der Waals surface area (Å²) in [6.07, 6.45) is 0. The molecule has 7 heteroatoms. The summed E-state index contributed by atoms with van der Waals surface area (Å²) in [5.74, 6) is 0.00132. The number of nitrogens with one attached hydrogen (secondary N) is 1. The smallest absolute Gasteiger partial charge is 0.239 e. The zero-order valence-electron chi connectivity index (χ0n) is 12.4. The van der Waals surface area contributed by atoms with Crippen molar-refractivity contribution in [3.63, 3.8) is 0 Å². The first-order valence-electron chi connectivity index (χ1n) is 6.68. The summed E-state index contributed by atoms with van der Waals surface area (Å²) in [5.41, 5.74) is 1.98. The zero-order chi connectivity index (χ0) is 15.9. The van der Waals surface area contributed by atoms with Crippen LogP contribution < -0.4 is 5.32 Å². The number of carbonyl (C=O) groups excluding carboxylic acids is 2. The topological polar surface area (TPSA) is 62.3 Å². The van der Waals surface area contributed by atoms with Gasteiger partial charge in [-0.3, -0.25) is 9.59 Å². The summed E-state index contributed by atoms with van der Waals surface area (Å²) in [4.78, 5) is 29.1. The summed E-state index contributed by atoms with van der Waals surface area (Å²) >= 11 is 2.91. The van der Waals surface area contributed by atoms with E-state index in [9.17, 15) is 9.59 Å². The number of hydrogen-bond acceptors (Lipinski definition) is 5. The molecule has 0 bridgehead atoms. The van der Waals surface area contributed by atoms with Crippen LogP contribution >= 0.6 is 23.1 Å². The third kappa shape index (κ3) is 4.57. The number of nitrogens with zero attached hydrogens (tertiary/aromatic N) is 2. The van der Waals surface area contributed by atoms with Crippen molar-refractivity contribution < 1.29 is 9.59 Å². The van der Waals surface area contributed by atoms with E-state index in [0.29, 0.717) is 0 Å². The summed E-state index contributed by atoms with van der Waals surface area (Å²) in [6.45, 7) is 0.0724. The zero-order valence-corrected chi connectivity index (χ0v) is 14.0. The second kappa shape index (κ2) is 7.95. The third-order valence-electron chi connectivity index (χ3n) is 2.96. The summed E-state index contributed by atoms with van der Waals surface area (Å²) < 4.78 is 0.848. The van der Waals surface area contributed by atoms with Crippen LogP contribution in [0.5, 0.6) is 0 Å². The lowest BCUT2D eigenvalue weighted by Crippen LogP contribution is -2.37. The maximum atomic E-state index is 11.9. The number of aromatic nitrogens is 1. The molecule has 2 rings (SSSR count). The first-order valence-corrected chi connectivity index (χ1v) is 8.55. The van der Waals surface area contributed by atoms with Gasteiger partial charge in [0.25, 0.3) is 0 Å². The van der Waals surface area contributed by atoms with Crippen molar-refractivity contribution in [2.24, 2.45) is 0 Å². The van der Waals surface area contributed by atoms with Gasteiger partial charge in [-0.2, -0.15) is 0 Å². The quantitative estimate of drug-likeness (QED) is 0.821. The minimum Gasteiger partial charge on any atom is -0.358 e. The van der Waals surface area contributed by atoms with E-state index in [1.165, 1.54) is 28.0 Å². The van der Waals surface area contributed by atoms with Gasteiger partial charge in [0.15, 0.2) is 4.34 Å². The van der Waals surface area contributed by atoms with Gasteiger partial charge in [0.1, 0.15) is 0 Å². The Morgan fingerprint density at radius 2 is 2.05 bits per heavy atom. The molecule has 2 amide bonds. The van der Waals surface area contributed by atoms with E-state index in [1.807, 2.05) is 35.7 Å². The van der Waals surface area contributed by atoms with E-state index >= 15 is 0 Å². The SMILES string of the molecule is CNC(=O)CN(C)C(=O)CSc1nc(-c2ccccc2)cs1. The number of carbonyl (C=O) groups is 2. The van der Waals surface area contributed by atoms with Crippen LogP contribution in [0.3, 0.4) is 0 Å². The molecule has 1 N–H and O–H groups in total. The minimum absolute atomic E-state index is 0.0724. The van der Waals surface area contributed by atoms with Crippen molar-refractivity contribution in [3.05, 3.63) is 35.7 Å². The van der Waals surface area contributed by atoms with Crippen molar-refractivity contribution in [1.82, 2.24) is 15.2 Å². The van der Waals surface area contributed by atoms with E-state index in [4.69, 9.17) is 0 Å². The fraction of sp³-hybridized carbons (Fsp3) is 0.267. The Bertz CT molecular complexity index is 643. The number of thiazole rings is 1. The van der Waals surface area contributed by atoms with Crippen molar-refractivity contribution in [2.75, 3.05) is 26.4 Å². The van der Waals surface area contributed by atoms with Crippen molar-refractivity contribution in [2.45, 2.75) is 4.34 Å². The number of benzene rings is 1. The molecule has 5 nitrogen and oxygen atoms in total. The van der Waals surface area contributed by atoms with Crippen molar-refractivity contribution >= 4 is 34.9 Å². The van der Waals surface area contributed by atoms with Crippen LogP contribution in [0.15, 0.2) is 40.1 Å². The van der Waals surface area contributed by atoms with Crippen molar-refractivity contribution in [1.29, 1.82) is 0 Å². The van der Waals surface area contributed by atoms with E-state index in [1.54, 1.807) is 14.1 Å². The van der Waals surface area contributed by atoms with Gasteiger partial charge in [0.2, 0.25) is 11.8 Å². The van der Waals surface area contributed by atoms with Crippen LogP contribution in [0.25, 0.3) is 11.3 Å². The first-order chi connectivity index (χ1) is 10.6. The molecule has 2 aromatic rings. The molecule has 1 aromatic carbocycles. The Kier molecular flexibility index (Phi) is 5.97. The van der Waals surface area contributed by atoms with Gasteiger partial charge in [0, 0.05) is 25.0 Å². The normalized spacial score (nSPS) is 10.3. The highest BCUT2D eigenvalue weighted by molar-refractivity contribution is 8.01. The molecule has 22 heavy (non-hydrogen) atoms. The molecular formula is C15H17N3O2S2. The molecule has 0 aliphatic rings. The molecule has 0 aliphatic carbocycles. The average molecular weight is 335 g/mol. The van der Waals surface area contributed by atoms with Crippen LogP contribution in [0, 0.1) is 0 Å². The molecule has 0 aliphatic heterocycles. The molecule has 1 heterocycles. The van der Waals surface area contributed by atoms with Gasteiger partial charge in [-0.15, -0.1) is 11.3 Å². The molecule has 0 unspecified atom stereocenters. The Balaban J connectivity index is 1.88. The lowest BCUT2D eigenvalue weighted by molar-refractivity contribution is -0.132. The summed E-state index contributed by atoms with van der Waals surface area (Å²) in [7, 11) is 3.17. The second-order valence-electron chi connectivity index (χ2n) is 4.58. The van der Waals surface area contributed by atoms with E-state index in [0.717, 1.165) is 15.6 Å². The summed E-state index contributed by atoms with van der Waals surface area (Å²) in [5, 5.41) is 4.48. The Morgan fingerprint density at radius 3 is 2.73 bits per heavy atom. The molecule has 0 saturated heterocycles. The Morgan fingerprint density at radius 1 is 1.32 bits per heavy atom. The van der Waals surface area contributed by atoms with Gasteiger partial charge in [0.05, 0.1) is 18.0 Å². The number of amides is 2. The van der Waals surface area contributed by atoms with Gasteiger partial charge in [-0.25, -0.2) is 4.98 Å². The maximum absolute atomic E-state index is 11.9. The number of hydrogen-bond donors (Lipinski definition) is 1. The molecule has 0 fully saturated rings. The lowest BCUT2D eigenvalue weighted by atomic mass is 10.2. The van der Waals surface area contributed by atoms with Gasteiger partial charge < -0.3 is 10.2 Å². The number of thioether (sulfide) groups is 1. The standard InChI is InChI=1S/C15H17N3O2S2/c1-16-13(19)8-18(2)14(20)10-22-15-17-12(9-21-15)11-6-4-3-5-7-11/h3-7,9H,8,10H2,1-2H3,(H,16,19). The molecule has 0 spiro atoms. The third-order valence-corrected chi connectivity index (χ3v) is 4.96. The molecular weight excluding hydrogens is 318 g/mol. The Hall–Kier alpha value is -1.86. The van der Waals surface area contributed by atoms with Crippen LogP contribution in [-0.4, -0.2) is 48.1 Å². The predicted molar refractivity (Wildman–Crippen MR) is 90.0 cm³/mol. The second-order valence-corrected chi connectivity index (χ2v) is 6.66. The predicted octanol–water partition coefficient (Wildman–Crippen LogP) is 2.11. The lowest BCUT2D eigenvalue weighted by Gasteiger charge is -2.15. The van der Waals surface area contributed by atoms with Gasteiger partial charge in [-0.1, -0.05) is 42.1 Å². The monoisotopic (exact) mass is 335 g/mol. The molecule has 0 atom stereocenters. The average Bonchev–Trinajstić information content (AvgIpc) is 3.02. The minimum atomic E-state index is -0.179. The highest BCUT2D eigenvalue weighted by Gasteiger charge is 2.13. The van der Waals surface area contributed by atoms with Gasteiger partial charge in [-0.05, 0) is 0 Å². The number of rotatable bonds is 6. The van der Waals surface area contributed by atoms with Crippen LogP contribution in [0.4, 0.5) is 0 Å². The van der Waals surface area contributed by atoms with Gasteiger partial charge >= 0.3 is 0 Å². The van der Waals surface area contributed by atoms with Crippen LogP contribution in [0.1, 0.15) is 0 Å². The first kappa shape index (κ1) is 16.5. The van der Waals surface area contributed by atoms with E-state index in [2.05, 4.69) is 10.3 Å². The highest BCUT2D eigenvalue weighted by Crippen LogP contribution is 2.28. The van der Waals surface area contributed by atoms with E-state index in [-0.39, 0.29) is 24.1 Å². The molecule has 0 radical (unpaired) electrons. The molecule has 0 saturated carbocycles. The number of likely N-dealkylation sites (N-methyl/N-ethyl adjacent to an activating group) is 2. The maximum Gasteiger partial charge on any atom is 0.239 e. The summed E-state index contributed by atoms with van der Waals surface area (Å²) in [6, 6.07) is 9.92. The van der Waals surface area contributed by atoms with Crippen molar-refractivity contribution in [3.8, 4) is 11.3 Å². The highest BCUT2D eigenvalue weighted by atomic mass is 32.2. The largest absolute Gasteiger partial charge is 0.358 e. The molecule has 1 aromatic heterocycles. The van der Waals surface area contributed by atoms with Crippen LogP contribution in [0.2, 0.25) is 0 Å². The fourth-order valence-corrected chi connectivity index (χ4v) is 3.46. The molecule has 116 valence electrons.